The minimum atomic E-state index is -0.622. The van der Waals surface area contributed by atoms with Crippen molar-refractivity contribution in [1.82, 2.24) is 20.6 Å². The van der Waals surface area contributed by atoms with Gasteiger partial charge in [0.2, 0.25) is 0 Å². The summed E-state index contributed by atoms with van der Waals surface area (Å²) < 4.78 is 5.17. The monoisotopic (exact) mass is 410 g/mol. The highest BCUT2D eigenvalue weighted by Gasteiger charge is 2.21. The minimum absolute atomic E-state index is 0.00111. The maximum atomic E-state index is 12.8. The van der Waals surface area contributed by atoms with Crippen LogP contribution in [-0.4, -0.2) is 41.9 Å². The molecule has 0 bridgehead atoms. The number of hydrogen-bond donors (Lipinski definition) is 5. The number of nitrogens with two attached hydrogens (primary N) is 1. The van der Waals surface area contributed by atoms with Crippen LogP contribution >= 0.6 is 0 Å². The van der Waals surface area contributed by atoms with Crippen molar-refractivity contribution in [2.45, 2.75) is 25.7 Å². The number of carbonyl (C=O) groups is 1. The first kappa shape index (κ1) is 21.3. The molecule has 1 aromatic carbocycles. The van der Waals surface area contributed by atoms with Crippen LogP contribution in [0.1, 0.15) is 41.4 Å². The summed E-state index contributed by atoms with van der Waals surface area (Å²) in [4.78, 5) is 32.0. The molecular formula is C21H26N6O3. The highest BCUT2D eigenvalue weighted by Crippen LogP contribution is 2.23. The van der Waals surface area contributed by atoms with Gasteiger partial charge in [0.05, 0.1) is 18.4 Å². The van der Waals surface area contributed by atoms with Gasteiger partial charge >= 0.3 is 0 Å². The molecule has 1 fully saturated rings. The second kappa shape index (κ2) is 9.36. The lowest BCUT2D eigenvalue weighted by Crippen LogP contribution is -2.33. The van der Waals surface area contributed by atoms with E-state index in [1.807, 2.05) is 6.92 Å². The first-order valence-electron chi connectivity index (χ1n) is 9.72. The first-order valence-corrected chi connectivity index (χ1v) is 9.72. The van der Waals surface area contributed by atoms with E-state index in [1.54, 1.807) is 25.3 Å². The lowest BCUT2D eigenvalue weighted by Gasteiger charge is -2.22. The molecule has 1 amide bonds. The number of nitrogens with one attached hydrogen (secondary N) is 4. The molecule has 1 saturated heterocycles. The van der Waals surface area contributed by atoms with Crippen molar-refractivity contribution >= 4 is 17.3 Å². The second-order valence-corrected chi connectivity index (χ2v) is 7.13. The lowest BCUT2D eigenvalue weighted by atomic mass is 9.94. The number of rotatable bonds is 5. The van der Waals surface area contributed by atoms with Gasteiger partial charge in [-0.1, -0.05) is 0 Å². The van der Waals surface area contributed by atoms with Crippen LogP contribution in [0.25, 0.3) is 5.57 Å². The van der Waals surface area contributed by atoms with Crippen LogP contribution in [0, 0.1) is 12.3 Å². The quantitative estimate of drug-likeness (QED) is 0.282. The van der Waals surface area contributed by atoms with Crippen molar-refractivity contribution in [3.05, 3.63) is 63.5 Å². The van der Waals surface area contributed by atoms with Crippen LogP contribution in [0.3, 0.4) is 0 Å². The molecule has 1 aliphatic rings. The molecular weight excluding hydrogens is 384 g/mol. The third-order valence-electron chi connectivity index (χ3n) is 5.13. The SMILES string of the molecule is COc1ccc(C(=N)NC(=O)C(=CN)c2nc(C3CCNCC3)cc(=O)[nH]2)c(C)c1. The fraction of sp³-hybridized carbons (Fsp3) is 0.333. The topological polar surface area (TPSA) is 146 Å². The van der Waals surface area contributed by atoms with Gasteiger partial charge in [0.1, 0.15) is 17.4 Å². The molecule has 2 heterocycles. The molecule has 0 unspecified atom stereocenters. The van der Waals surface area contributed by atoms with Gasteiger partial charge in [-0.3, -0.25) is 15.0 Å². The van der Waals surface area contributed by atoms with Gasteiger partial charge in [-0.25, -0.2) is 4.98 Å². The number of aryl methyl sites for hydroxylation is 1. The highest BCUT2D eigenvalue weighted by atomic mass is 16.5. The van der Waals surface area contributed by atoms with Gasteiger partial charge in [-0.15, -0.1) is 0 Å². The minimum Gasteiger partial charge on any atom is -0.497 e. The van der Waals surface area contributed by atoms with E-state index in [0.29, 0.717) is 17.0 Å². The maximum absolute atomic E-state index is 12.8. The van der Waals surface area contributed by atoms with E-state index in [0.717, 1.165) is 37.7 Å². The van der Waals surface area contributed by atoms with Crippen LogP contribution < -0.4 is 26.7 Å². The van der Waals surface area contributed by atoms with Crippen molar-refractivity contribution < 1.29 is 9.53 Å². The van der Waals surface area contributed by atoms with Gasteiger partial charge < -0.3 is 26.1 Å². The van der Waals surface area contributed by atoms with Crippen LogP contribution in [0.5, 0.6) is 5.75 Å². The van der Waals surface area contributed by atoms with Crippen LogP contribution in [-0.2, 0) is 4.79 Å². The van der Waals surface area contributed by atoms with Crippen molar-refractivity contribution in [3.8, 4) is 5.75 Å². The van der Waals surface area contributed by atoms with Crippen molar-refractivity contribution in [2.75, 3.05) is 20.2 Å². The summed E-state index contributed by atoms with van der Waals surface area (Å²) in [5, 5.41) is 14.1. The first-order chi connectivity index (χ1) is 14.4. The fourth-order valence-electron chi connectivity index (χ4n) is 3.48. The Balaban J connectivity index is 1.82. The van der Waals surface area contributed by atoms with Crippen molar-refractivity contribution in [3.63, 3.8) is 0 Å². The summed E-state index contributed by atoms with van der Waals surface area (Å²) >= 11 is 0. The number of H-pyrrole nitrogens is 1. The summed E-state index contributed by atoms with van der Waals surface area (Å²) in [7, 11) is 1.56. The number of ether oxygens (including phenoxy) is 1. The number of aromatic amines is 1. The lowest BCUT2D eigenvalue weighted by molar-refractivity contribution is -0.114. The Morgan fingerprint density at radius 2 is 2.07 bits per heavy atom. The van der Waals surface area contributed by atoms with Crippen molar-refractivity contribution in [1.29, 1.82) is 5.41 Å². The zero-order valence-electron chi connectivity index (χ0n) is 17.0. The summed E-state index contributed by atoms with van der Waals surface area (Å²) in [6, 6.07) is 6.65. The van der Waals surface area contributed by atoms with Gasteiger partial charge in [0.25, 0.3) is 11.5 Å². The van der Waals surface area contributed by atoms with Gasteiger partial charge in [0.15, 0.2) is 0 Å². The largest absolute Gasteiger partial charge is 0.497 e. The van der Waals surface area contributed by atoms with Crippen LogP contribution in [0.2, 0.25) is 0 Å². The predicted octanol–water partition coefficient (Wildman–Crippen LogP) is 0.995. The third-order valence-corrected chi connectivity index (χ3v) is 5.13. The standard InChI is InChI=1S/C21H26N6O3/c1-12-9-14(30-2)3-4-15(12)19(23)27-21(29)16(11-22)20-25-17(10-18(28)26-20)13-5-7-24-8-6-13/h3-4,9-11,13,24H,5-8,22H2,1-2H3,(H2,23,27,29)(H,25,26,28). The molecule has 9 heteroatoms. The molecule has 0 radical (unpaired) electrons. The number of carbonyl (C=O) groups excluding carboxylic acids is 1. The Labute approximate surface area is 174 Å². The maximum Gasteiger partial charge on any atom is 0.262 e. The number of methoxy groups -OCH3 is 1. The number of amidine groups is 1. The average Bonchev–Trinajstić information content (AvgIpc) is 2.74. The molecule has 1 aromatic heterocycles. The molecule has 0 spiro atoms. The fourth-order valence-corrected chi connectivity index (χ4v) is 3.48. The number of aromatic nitrogens is 2. The normalized spacial score (nSPS) is 14.9. The van der Waals surface area contributed by atoms with E-state index in [9.17, 15) is 9.59 Å². The number of amides is 1. The van der Waals surface area contributed by atoms with E-state index >= 15 is 0 Å². The summed E-state index contributed by atoms with van der Waals surface area (Å²) in [5.74, 6) is 0.194. The Hall–Kier alpha value is -3.46. The van der Waals surface area contributed by atoms with E-state index in [4.69, 9.17) is 15.9 Å². The van der Waals surface area contributed by atoms with Gasteiger partial charge in [-0.2, -0.15) is 0 Å². The number of benzene rings is 1. The number of nitrogens with zero attached hydrogens (tertiary/aromatic N) is 1. The Bertz CT molecular complexity index is 1040. The van der Waals surface area contributed by atoms with E-state index in [1.165, 1.54) is 6.07 Å². The Kier molecular flexibility index (Phi) is 6.63. The molecule has 2 aromatic rings. The summed E-state index contributed by atoms with van der Waals surface area (Å²) in [6.45, 7) is 3.53. The second-order valence-electron chi connectivity index (χ2n) is 7.13. The summed E-state index contributed by atoms with van der Waals surface area (Å²) in [6.07, 6.45) is 2.82. The average molecular weight is 410 g/mol. The molecule has 30 heavy (non-hydrogen) atoms. The molecule has 0 aliphatic carbocycles. The Morgan fingerprint density at radius 3 is 2.70 bits per heavy atom. The molecule has 158 valence electrons. The molecule has 6 N–H and O–H groups in total. The van der Waals surface area contributed by atoms with Crippen molar-refractivity contribution in [2.24, 2.45) is 5.73 Å². The number of hydrogen-bond acceptors (Lipinski definition) is 7. The van der Waals surface area contributed by atoms with Crippen LogP contribution in [0.15, 0.2) is 35.3 Å². The van der Waals surface area contributed by atoms with Gasteiger partial charge in [0, 0.05) is 23.7 Å². The van der Waals surface area contributed by atoms with E-state index < -0.39 is 5.91 Å². The van der Waals surface area contributed by atoms with Crippen LogP contribution in [0.4, 0.5) is 0 Å². The third kappa shape index (κ3) is 4.74. The molecule has 0 saturated carbocycles. The summed E-state index contributed by atoms with van der Waals surface area (Å²) in [5.41, 5.74) is 7.30. The highest BCUT2D eigenvalue weighted by molar-refractivity contribution is 6.25. The zero-order chi connectivity index (χ0) is 21.7. The van der Waals surface area contributed by atoms with E-state index in [-0.39, 0.29) is 28.7 Å². The molecule has 0 atom stereocenters. The predicted molar refractivity (Wildman–Crippen MR) is 115 cm³/mol. The molecule has 3 rings (SSSR count). The smallest absolute Gasteiger partial charge is 0.262 e. The van der Waals surface area contributed by atoms with E-state index in [2.05, 4.69) is 20.6 Å². The molecule has 1 aliphatic heterocycles. The van der Waals surface area contributed by atoms with Gasteiger partial charge in [-0.05, 0) is 56.6 Å². The Morgan fingerprint density at radius 1 is 1.33 bits per heavy atom. The molecule has 9 nitrogen and oxygen atoms in total. The number of piperidine rings is 1. The zero-order valence-corrected chi connectivity index (χ0v) is 17.0.